The van der Waals surface area contributed by atoms with Crippen LogP contribution in [-0.4, -0.2) is 38.9 Å². The second-order valence-electron chi connectivity index (χ2n) is 5.56. The molecular formula is C15H20F2N2O4S. The van der Waals surface area contributed by atoms with E-state index in [0.717, 1.165) is 38.2 Å². The first-order chi connectivity index (χ1) is 11.3. The zero-order valence-corrected chi connectivity index (χ0v) is 14.1. The standard InChI is InChI=1S/C15H20F2N2O4S/c1-23-15(20)14(12-10-11(16)6-7-13(12)17)18-24(21,22)19-8-4-2-3-5-9-19/h6-7,10,14,18H,2-5,8-9H2,1H3. The number of hydrogen-bond acceptors (Lipinski definition) is 4. The molecule has 9 heteroatoms. The fraction of sp³-hybridized carbons (Fsp3) is 0.533. The minimum absolute atomic E-state index is 0.314. The number of carbonyl (C=O) groups is 1. The summed E-state index contributed by atoms with van der Waals surface area (Å²) in [6, 6.07) is 0.845. The van der Waals surface area contributed by atoms with Gasteiger partial charge in [0.2, 0.25) is 0 Å². The highest BCUT2D eigenvalue weighted by Gasteiger charge is 2.33. The molecule has 0 spiro atoms. The molecule has 0 saturated carbocycles. The number of nitrogens with zero attached hydrogens (tertiary/aromatic N) is 1. The van der Waals surface area contributed by atoms with E-state index in [0.29, 0.717) is 25.9 Å². The third kappa shape index (κ3) is 4.49. The fourth-order valence-corrected chi connectivity index (χ4v) is 4.01. The van der Waals surface area contributed by atoms with Gasteiger partial charge in [-0.05, 0) is 31.0 Å². The summed E-state index contributed by atoms with van der Waals surface area (Å²) in [5.74, 6) is -2.70. The van der Waals surface area contributed by atoms with Crippen molar-refractivity contribution in [2.24, 2.45) is 0 Å². The molecule has 1 aromatic rings. The lowest BCUT2D eigenvalue weighted by Gasteiger charge is -2.24. The fourth-order valence-electron chi connectivity index (χ4n) is 2.60. The van der Waals surface area contributed by atoms with Crippen molar-refractivity contribution in [3.05, 3.63) is 35.4 Å². The molecule has 1 heterocycles. The van der Waals surface area contributed by atoms with Crippen LogP contribution in [0.4, 0.5) is 8.78 Å². The van der Waals surface area contributed by atoms with Gasteiger partial charge < -0.3 is 4.74 Å². The average Bonchev–Trinajstić information content (AvgIpc) is 2.84. The summed E-state index contributed by atoms with van der Waals surface area (Å²) in [5.41, 5.74) is -0.416. The normalized spacial score (nSPS) is 18.0. The van der Waals surface area contributed by atoms with Gasteiger partial charge in [-0.1, -0.05) is 12.8 Å². The summed E-state index contributed by atoms with van der Waals surface area (Å²) < 4.78 is 60.3. The van der Waals surface area contributed by atoms with Crippen LogP contribution in [0.5, 0.6) is 0 Å². The van der Waals surface area contributed by atoms with Crippen molar-refractivity contribution in [3.63, 3.8) is 0 Å². The Kier molecular flexibility index (Phi) is 6.25. The van der Waals surface area contributed by atoms with Crippen molar-refractivity contribution in [3.8, 4) is 0 Å². The minimum atomic E-state index is -4.05. The predicted octanol–water partition coefficient (Wildman–Crippen LogP) is 1.89. The number of esters is 1. The van der Waals surface area contributed by atoms with Crippen LogP contribution in [-0.2, 0) is 19.7 Å². The Morgan fingerprint density at radius 3 is 2.42 bits per heavy atom. The Morgan fingerprint density at radius 2 is 1.83 bits per heavy atom. The van der Waals surface area contributed by atoms with Crippen molar-refractivity contribution in [1.82, 2.24) is 9.03 Å². The first kappa shape index (κ1) is 18.8. The van der Waals surface area contributed by atoms with Crippen molar-refractivity contribution in [2.45, 2.75) is 31.7 Å². The van der Waals surface area contributed by atoms with Gasteiger partial charge in [0, 0.05) is 18.7 Å². The Bertz CT molecular complexity index is 689. The maximum absolute atomic E-state index is 14.0. The average molecular weight is 362 g/mol. The molecule has 2 rings (SSSR count). The topological polar surface area (TPSA) is 75.7 Å². The zero-order valence-electron chi connectivity index (χ0n) is 13.3. The lowest BCUT2D eigenvalue weighted by molar-refractivity contribution is -0.142. The van der Waals surface area contributed by atoms with Crippen LogP contribution < -0.4 is 4.72 Å². The largest absolute Gasteiger partial charge is 0.468 e. The van der Waals surface area contributed by atoms with E-state index in [4.69, 9.17) is 0 Å². The van der Waals surface area contributed by atoms with E-state index < -0.39 is 39.4 Å². The number of carbonyl (C=O) groups excluding carboxylic acids is 1. The smallest absolute Gasteiger partial charge is 0.328 e. The first-order valence-corrected chi connectivity index (χ1v) is 9.09. The molecule has 24 heavy (non-hydrogen) atoms. The van der Waals surface area contributed by atoms with E-state index in [1.54, 1.807) is 0 Å². The van der Waals surface area contributed by atoms with Crippen molar-refractivity contribution < 1.29 is 26.7 Å². The van der Waals surface area contributed by atoms with Gasteiger partial charge in [0.15, 0.2) is 0 Å². The quantitative estimate of drug-likeness (QED) is 0.812. The number of halogens is 2. The minimum Gasteiger partial charge on any atom is -0.468 e. The zero-order chi connectivity index (χ0) is 17.7. The number of benzene rings is 1. The van der Waals surface area contributed by atoms with Gasteiger partial charge in [0.05, 0.1) is 7.11 Å². The van der Waals surface area contributed by atoms with Gasteiger partial charge in [0.1, 0.15) is 17.7 Å². The molecule has 0 amide bonds. The van der Waals surface area contributed by atoms with E-state index in [1.807, 2.05) is 0 Å². The maximum atomic E-state index is 14.0. The molecule has 0 bridgehead atoms. The van der Waals surface area contributed by atoms with Crippen LogP contribution in [0.15, 0.2) is 18.2 Å². The molecule has 0 aromatic heterocycles. The predicted molar refractivity (Wildman–Crippen MR) is 83.2 cm³/mol. The van der Waals surface area contributed by atoms with Gasteiger partial charge in [-0.25, -0.2) is 13.6 Å². The van der Waals surface area contributed by atoms with Crippen LogP contribution >= 0.6 is 0 Å². The summed E-state index contributed by atoms with van der Waals surface area (Å²) in [6.07, 6.45) is 3.26. The highest BCUT2D eigenvalue weighted by molar-refractivity contribution is 7.87. The summed E-state index contributed by atoms with van der Waals surface area (Å²) in [5, 5.41) is 0. The third-order valence-electron chi connectivity index (χ3n) is 3.88. The lowest BCUT2D eigenvalue weighted by Crippen LogP contribution is -2.45. The van der Waals surface area contributed by atoms with E-state index in [1.165, 1.54) is 4.31 Å². The van der Waals surface area contributed by atoms with Crippen LogP contribution in [0.25, 0.3) is 0 Å². The van der Waals surface area contributed by atoms with Crippen molar-refractivity contribution >= 4 is 16.2 Å². The number of hydrogen-bond donors (Lipinski definition) is 1. The molecule has 1 unspecified atom stereocenters. The number of ether oxygens (including phenoxy) is 1. The second-order valence-corrected chi connectivity index (χ2v) is 7.26. The molecule has 6 nitrogen and oxygen atoms in total. The van der Waals surface area contributed by atoms with E-state index in [-0.39, 0.29) is 0 Å². The van der Waals surface area contributed by atoms with Crippen LogP contribution in [0.1, 0.15) is 37.3 Å². The summed E-state index contributed by atoms with van der Waals surface area (Å²) in [4.78, 5) is 11.9. The molecule has 1 atom stereocenters. The van der Waals surface area contributed by atoms with E-state index in [2.05, 4.69) is 9.46 Å². The monoisotopic (exact) mass is 362 g/mol. The highest BCUT2D eigenvalue weighted by Crippen LogP contribution is 2.22. The van der Waals surface area contributed by atoms with E-state index >= 15 is 0 Å². The molecule has 1 aliphatic rings. The Labute approximate surface area is 140 Å². The molecule has 0 aliphatic carbocycles. The van der Waals surface area contributed by atoms with Crippen molar-refractivity contribution in [2.75, 3.05) is 20.2 Å². The Balaban J connectivity index is 2.31. The summed E-state index contributed by atoms with van der Waals surface area (Å²) >= 11 is 0. The highest BCUT2D eigenvalue weighted by atomic mass is 32.2. The summed E-state index contributed by atoms with van der Waals surface area (Å²) in [6.45, 7) is 0.629. The van der Waals surface area contributed by atoms with Gasteiger partial charge in [-0.15, -0.1) is 0 Å². The van der Waals surface area contributed by atoms with Gasteiger partial charge in [0.25, 0.3) is 10.2 Å². The molecule has 1 aromatic carbocycles. The molecule has 1 N–H and O–H groups in total. The van der Waals surface area contributed by atoms with E-state index in [9.17, 15) is 22.0 Å². The summed E-state index contributed by atoms with van der Waals surface area (Å²) in [7, 11) is -3.00. The van der Waals surface area contributed by atoms with Crippen molar-refractivity contribution in [1.29, 1.82) is 0 Å². The van der Waals surface area contributed by atoms with Crippen LogP contribution in [0.2, 0.25) is 0 Å². The van der Waals surface area contributed by atoms with Gasteiger partial charge in [-0.3, -0.25) is 0 Å². The molecule has 134 valence electrons. The van der Waals surface area contributed by atoms with Gasteiger partial charge in [-0.2, -0.15) is 17.4 Å². The number of nitrogens with one attached hydrogen (secondary N) is 1. The van der Waals surface area contributed by atoms with Crippen LogP contribution in [0.3, 0.4) is 0 Å². The molecular weight excluding hydrogens is 342 g/mol. The lowest BCUT2D eigenvalue weighted by atomic mass is 10.1. The second kappa shape index (κ2) is 8.00. The molecule has 0 radical (unpaired) electrons. The van der Waals surface area contributed by atoms with Gasteiger partial charge >= 0.3 is 5.97 Å². The number of methoxy groups -OCH3 is 1. The SMILES string of the molecule is COC(=O)C(NS(=O)(=O)N1CCCCCC1)c1cc(F)ccc1F. The Hall–Kier alpha value is -1.58. The van der Waals surface area contributed by atoms with Crippen LogP contribution in [0, 0.1) is 11.6 Å². The maximum Gasteiger partial charge on any atom is 0.328 e. The third-order valence-corrected chi connectivity index (χ3v) is 5.46. The number of rotatable bonds is 5. The molecule has 1 aliphatic heterocycles. The first-order valence-electron chi connectivity index (χ1n) is 7.65. The molecule has 1 fully saturated rings. The Morgan fingerprint density at radius 1 is 1.21 bits per heavy atom. The molecule has 1 saturated heterocycles.